The van der Waals surface area contributed by atoms with Crippen molar-refractivity contribution in [1.82, 2.24) is 15.0 Å². The highest BCUT2D eigenvalue weighted by Gasteiger charge is 2.22. The van der Waals surface area contributed by atoms with E-state index in [9.17, 15) is 10.1 Å². The molecule has 12 heteroatoms. The van der Waals surface area contributed by atoms with Crippen LogP contribution in [0.1, 0.15) is 18.4 Å². The number of para-hydroxylation sites is 1. The SMILES string of the molecule is O=[N+]([O-])c1cc2c(cc1/C=N\Nc1nc(Nc3ccccc3)nc(N3CCCC3)n1)OCO2. The lowest BCUT2D eigenvalue weighted by Crippen LogP contribution is -2.21. The van der Waals surface area contributed by atoms with E-state index in [1.165, 1.54) is 18.3 Å². The van der Waals surface area contributed by atoms with E-state index < -0.39 is 4.92 Å². The number of nitrogens with one attached hydrogen (secondary N) is 2. The molecule has 2 aromatic carbocycles. The van der Waals surface area contributed by atoms with Gasteiger partial charge in [0.25, 0.3) is 5.69 Å². The van der Waals surface area contributed by atoms with Gasteiger partial charge in [-0.15, -0.1) is 0 Å². The fraction of sp³-hybridized carbons (Fsp3) is 0.238. The number of hydrazone groups is 1. The fourth-order valence-corrected chi connectivity index (χ4v) is 3.55. The molecule has 0 spiro atoms. The molecule has 1 aromatic heterocycles. The second-order valence-corrected chi connectivity index (χ2v) is 7.36. The number of anilines is 4. The summed E-state index contributed by atoms with van der Waals surface area (Å²) in [5.41, 5.74) is 3.71. The summed E-state index contributed by atoms with van der Waals surface area (Å²) in [6.07, 6.45) is 3.47. The minimum Gasteiger partial charge on any atom is -0.454 e. The summed E-state index contributed by atoms with van der Waals surface area (Å²) >= 11 is 0. The number of nitrogens with zero attached hydrogens (tertiary/aromatic N) is 6. The zero-order valence-corrected chi connectivity index (χ0v) is 17.5. The van der Waals surface area contributed by atoms with Crippen molar-refractivity contribution in [2.75, 3.05) is 35.5 Å². The number of fused-ring (bicyclic) bond motifs is 1. The molecule has 3 heterocycles. The molecule has 12 nitrogen and oxygen atoms in total. The molecular formula is C21H20N8O4. The summed E-state index contributed by atoms with van der Waals surface area (Å²) in [5, 5.41) is 18.7. The molecule has 2 N–H and O–H groups in total. The number of hydrogen-bond donors (Lipinski definition) is 2. The third kappa shape index (κ3) is 4.59. The van der Waals surface area contributed by atoms with Crippen LogP contribution in [0.2, 0.25) is 0 Å². The molecule has 168 valence electrons. The molecule has 0 radical (unpaired) electrons. The monoisotopic (exact) mass is 448 g/mol. The number of benzene rings is 2. The van der Waals surface area contributed by atoms with Gasteiger partial charge in [-0.05, 0) is 31.0 Å². The summed E-state index contributed by atoms with van der Waals surface area (Å²) in [7, 11) is 0. The maximum absolute atomic E-state index is 11.4. The van der Waals surface area contributed by atoms with Crippen LogP contribution in [0.15, 0.2) is 47.6 Å². The Morgan fingerprint density at radius 1 is 1.03 bits per heavy atom. The average Bonchev–Trinajstić information content (AvgIpc) is 3.51. The summed E-state index contributed by atoms with van der Waals surface area (Å²) in [6.45, 7) is 1.74. The maximum Gasteiger partial charge on any atom is 0.282 e. The Balaban J connectivity index is 1.41. The quantitative estimate of drug-likeness (QED) is 0.314. The normalized spacial score (nSPS) is 14.6. The fourth-order valence-electron chi connectivity index (χ4n) is 3.55. The van der Waals surface area contributed by atoms with Gasteiger partial charge in [0.2, 0.25) is 24.6 Å². The number of nitro groups is 1. The standard InChI is InChI=1S/C21H20N8O4/c30-29(31)16-11-18-17(32-13-33-18)10-14(16)12-22-27-20-24-19(23-15-6-2-1-3-7-15)25-21(26-20)28-8-4-5-9-28/h1-3,6-7,10-12H,4-5,8-9,13H2,(H2,23,24,25,26,27)/b22-12-. The van der Waals surface area contributed by atoms with Gasteiger partial charge in [0.1, 0.15) is 0 Å². The van der Waals surface area contributed by atoms with E-state index in [0.717, 1.165) is 31.6 Å². The number of nitro benzene ring substituents is 1. The van der Waals surface area contributed by atoms with Crippen molar-refractivity contribution < 1.29 is 14.4 Å². The number of aromatic nitrogens is 3. The Labute approximate surface area is 188 Å². The third-order valence-corrected chi connectivity index (χ3v) is 5.13. The molecule has 0 saturated carbocycles. The van der Waals surface area contributed by atoms with E-state index in [4.69, 9.17) is 9.47 Å². The van der Waals surface area contributed by atoms with Crippen molar-refractivity contribution in [2.45, 2.75) is 12.8 Å². The summed E-state index contributed by atoms with van der Waals surface area (Å²) in [6, 6.07) is 12.4. The number of rotatable bonds is 7. The Morgan fingerprint density at radius 2 is 1.76 bits per heavy atom. The van der Waals surface area contributed by atoms with Crippen LogP contribution in [-0.2, 0) is 0 Å². The molecular weight excluding hydrogens is 428 g/mol. The predicted molar refractivity (Wildman–Crippen MR) is 121 cm³/mol. The van der Waals surface area contributed by atoms with E-state index in [1.54, 1.807) is 0 Å². The van der Waals surface area contributed by atoms with Gasteiger partial charge in [-0.1, -0.05) is 18.2 Å². The Kier molecular flexibility index (Phi) is 5.54. The Bertz CT molecular complexity index is 1200. The van der Waals surface area contributed by atoms with Gasteiger partial charge in [-0.2, -0.15) is 20.1 Å². The van der Waals surface area contributed by atoms with Crippen molar-refractivity contribution in [1.29, 1.82) is 0 Å². The third-order valence-electron chi connectivity index (χ3n) is 5.13. The van der Waals surface area contributed by atoms with Gasteiger partial charge in [0, 0.05) is 18.8 Å². The highest BCUT2D eigenvalue weighted by atomic mass is 16.7. The van der Waals surface area contributed by atoms with Gasteiger partial charge in [0.05, 0.1) is 22.8 Å². The lowest BCUT2D eigenvalue weighted by atomic mass is 10.1. The van der Waals surface area contributed by atoms with Gasteiger partial charge in [-0.3, -0.25) is 10.1 Å². The van der Waals surface area contributed by atoms with Crippen LogP contribution in [0.4, 0.5) is 29.2 Å². The zero-order valence-electron chi connectivity index (χ0n) is 17.5. The van der Waals surface area contributed by atoms with Crippen LogP contribution in [0, 0.1) is 10.1 Å². The van der Waals surface area contributed by atoms with E-state index in [2.05, 4.69) is 35.7 Å². The van der Waals surface area contributed by atoms with Gasteiger partial charge in [0.15, 0.2) is 11.5 Å². The Morgan fingerprint density at radius 3 is 2.52 bits per heavy atom. The van der Waals surface area contributed by atoms with Gasteiger partial charge < -0.3 is 19.7 Å². The predicted octanol–water partition coefficient (Wildman–Crippen LogP) is 3.30. The topological polar surface area (TPSA) is 140 Å². The highest BCUT2D eigenvalue weighted by molar-refractivity contribution is 5.87. The molecule has 0 unspecified atom stereocenters. The average molecular weight is 448 g/mol. The molecule has 33 heavy (non-hydrogen) atoms. The number of hydrogen-bond acceptors (Lipinski definition) is 11. The molecule has 5 rings (SSSR count). The first-order valence-electron chi connectivity index (χ1n) is 10.4. The number of ether oxygens (including phenoxy) is 2. The second-order valence-electron chi connectivity index (χ2n) is 7.36. The van der Waals surface area contributed by atoms with Crippen molar-refractivity contribution >= 4 is 35.4 Å². The van der Waals surface area contributed by atoms with Crippen LogP contribution in [0.5, 0.6) is 11.5 Å². The van der Waals surface area contributed by atoms with Crippen molar-refractivity contribution in [3.05, 3.63) is 58.1 Å². The first-order chi connectivity index (χ1) is 16.2. The van der Waals surface area contributed by atoms with Crippen molar-refractivity contribution in [3.63, 3.8) is 0 Å². The maximum atomic E-state index is 11.4. The summed E-state index contributed by atoms with van der Waals surface area (Å²) < 4.78 is 10.5. The first-order valence-corrected chi connectivity index (χ1v) is 10.4. The molecule has 0 atom stereocenters. The van der Waals surface area contributed by atoms with Crippen LogP contribution in [0.3, 0.4) is 0 Å². The second kappa shape index (κ2) is 8.94. The van der Waals surface area contributed by atoms with Gasteiger partial charge >= 0.3 is 0 Å². The van der Waals surface area contributed by atoms with E-state index in [-0.39, 0.29) is 24.0 Å². The first kappa shape index (κ1) is 20.4. The van der Waals surface area contributed by atoms with Gasteiger partial charge in [-0.25, -0.2) is 5.43 Å². The minimum atomic E-state index is -0.500. The molecule has 0 bridgehead atoms. The molecule has 1 saturated heterocycles. The van der Waals surface area contributed by atoms with Crippen LogP contribution in [0.25, 0.3) is 0 Å². The van der Waals surface area contributed by atoms with Crippen LogP contribution >= 0.6 is 0 Å². The smallest absolute Gasteiger partial charge is 0.282 e. The van der Waals surface area contributed by atoms with Crippen molar-refractivity contribution in [2.24, 2.45) is 5.10 Å². The molecule has 0 amide bonds. The summed E-state index contributed by atoms with van der Waals surface area (Å²) in [4.78, 5) is 26.4. The zero-order chi connectivity index (χ0) is 22.6. The van der Waals surface area contributed by atoms with E-state index in [1.807, 2.05) is 30.3 Å². The van der Waals surface area contributed by atoms with E-state index >= 15 is 0 Å². The highest BCUT2D eigenvalue weighted by Crippen LogP contribution is 2.37. The largest absolute Gasteiger partial charge is 0.454 e. The van der Waals surface area contributed by atoms with Crippen LogP contribution in [-0.4, -0.2) is 46.0 Å². The molecule has 2 aliphatic heterocycles. The van der Waals surface area contributed by atoms with E-state index in [0.29, 0.717) is 23.4 Å². The lowest BCUT2D eigenvalue weighted by Gasteiger charge is -2.16. The lowest BCUT2D eigenvalue weighted by molar-refractivity contribution is -0.385. The molecule has 3 aromatic rings. The molecule has 0 aliphatic carbocycles. The molecule has 2 aliphatic rings. The minimum absolute atomic E-state index is 0.0205. The summed E-state index contributed by atoms with van der Waals surface area (Å²) in [5.74, 6) is 1.87. The van der Waals surface area contributed by atoms with Crippen molar-refractivity contribution in [3.8, 4) is 11.5 Å². The molecule has 1 fully saturated rings. The van der Waals surface area contributed by atoms with Crippen LogP contribution < -0.4 is 25.1 Å². The Hall–Kier alpha value is -4.48.